The molecular formula is C29H24N2O2. The Morgan fingerprint density at radius 1 is 0.758 bits per heavy atom. The Morgan fingerprint density at radius 3 is 1.88 bits per heavy atom. The van der Waals surface area contributed by atoms with Crippen LogP contribution in [-0.2, 0) is 13.2 Å². The third kappa shape index (κ3) is 5.66. The lowest BCUT2D eigenvalue weighted by molar-refractivity contribution is 0.0701. The molecule has 0 radical (unpaired) electrons. The predicted molar refractivity (Wildman–Crippen MR) is 128 cm³/mol. The first-order valence-electron chi connectivity index (χ1n) is 10.8. The first kappa shape index (κ1) is 21.9. The average molecular weight is 433 g/mol. The number of carbonyl (C=O) groups is 1. The van der Waals surface area contributed by atoms with E-state index in [-0.39, 0.29) is 5.91 Å². The number of carbonyl (C=O) groups excluding carboxylic acids is 1. The SMILES string of the molecule is N#C[C@H](c1ccc(OCc2ccccc2)cc1)N(Cc1ccccc1)C(=O)c1ccccc1. The molecule has 0 saturated carbocycles. The highest BCUT2D eigenvalue weighted by Crippen LogP contribution is 2.27. The van der Waals surface area contributed by atoms with Crippen molar-refractivity contribution in [2.24, 2.45) is 0 Å². The highest BCUT2D eigenvalue weighted by atomic mass is 16.5. The largest absolute Gasteiger partial charge is 0.489 e. The third-order valence-corrected chi connectivity index (χ3v) is 5.36. The number of amides is 1. The second kappa shape index (κ2) is 10.8. The fourth-order valence-corrected chi connectivity index (χ4v) is 3.62. The molecule has 0 aliphatic heterocycles. The van der Waals surface area contributed by atoms with Gasteiger partial charge in [-0.3, -0.25) is 4.79 Å². The Hall–Kier alpha value is -4.36. The monoisotopic (exact) mass is 432 g/mol. The van der Waals surface area contributed by atoms with Crippen LogP contribution in [0.3, 0.4) is 0 Å². The molecule has 162 valence electrons. The highest BCUT2D eigenvalue weighted by molar-refractivity contribution is 5.94. The van der Waals surface area contributed by atoms with Crippen molar-refractivity contribution in [3.8, 4) is 11.8 Å². The minimum atomic E-state index is -0.735. The van der Waals surface area contributed by atoms with Gasteiger partial charge in [-0.2, -0.15) is 5.26 Å². The van der Waals surface area contributed by atoms with E-state index in [0.717, 1.165) is 16.7 Å². The van der Waals surface area contributed by atoms with Crippen LogP contribution in [0.25, 0.3) is 0 Å². The number of nitrogens with zero attached hydrogens (tertiary/aromatic N) is 2. The van der Waals surface area contributed by atoms with E-state index in [4.69, 9.17) is 4.74 Å². The molecule has 0 aromatic heterocycles. The summed E-state index contributed by atoms with van der Waals surface area (Å²) < 4.78 is 5.87. The van der Waals surface area contributed by atoms with E-state index in [1.54, 1.807) is 17.0 Å². The molecule has 1 amide bonds. The average Bonchev–Trinajstić information content (AvgIpc) is 2.89. The molecule has 4 nitrogen and oxygen atoms in total. The van der Waals surface area contributed by atoms with Crippen molar-refractivity contribution >= 4 is 5.91 Å². The molecule has 4 aromatic rings. The van der Waals surface area contributed by atoms with Crippen molar-refractivity contribution in [2.75, 3.05) is 0 Å². The van der Waals surface area contributed by atoms with Gasteiger partial charge in [0.05, 0.1) is 6.07 Å². The maximum atomic E-state index is 13.4. The van der Waals surface area contributed by atoms with Crippen LogP contribution < -0.4 is 4.74 Å². The Morgan fingerprint density at radius 2 is 1.30 bits per heavy atom. The molecule has 4 heteroatoms. The summed E-state index contributed by atoms with van der Waals surface area (Å²) in [6.45, 7) is 0.799. The molecule has 4 rings (SSSR count). The Bertz CT molecular complexity index is 1200. The zero-order chi connectivity index (χ0) is 22.9. The van der Waals surface area contributed by atoms with E-state index < -0.39 is 6.04 Å². The van der Waals surface area contributed by atoms with E-state index in [9.17, 15) is 10.1 Å². The Balaban J connectivity index is 1.56. The first-order chi connectivity index (χ1) is 16.2. The van der Waals surface area contributed by atoms with Crippen LogP contribution >= 0.6 is 0 Å². The van der Waals surface area contributed by atoms with Gasteiger partial charge in [0.1, 0.15) is 18.4 Å². The molecule has 0 fully saturated rings. The normalized spacial score (nSPS) is 11.2. The molecular weight excluding hydrogens is 408 g/mol. The first-order valence-corrected chi connectivity index (χ1v) is 10.8. The minimum Gasteiger partial charge on any atom is -0.489 e. The fourth-order valence-electron chi connectivity index (χ4n) is 3.62. The minimum absolute atomic E-state index is 0.185. The number of hydrogen-bond donors (Lipinski definition) is 0. The van der Waals surface area contributed by atoms with Crippen LogP contribution in [0.5, 0.6) is 5.75 Å². The molecule has 0 aliphatic rings. The summed E-state index contributed by atoms with van der Waals surface area (Å²) in [5.74, 6) is 0.527. The van der Waals surface area contributed by atoms with Crippen LogP contribution in [0, 0.1) is 11.3 Å². The van der Waals surface area contributed by atoms with Gasteiger partial charge in [-0.1, -0.05) is 91.0 Å². The zero-order valence-electron chi connectivity index (χ0n) is 18.2. The van der Waals surface area contributed by atoms with E-state index in [2.05, 4.69) is 6.07 Å². The smallest absolute Gasteiger partial charge is 0.255 e. The lowest BCUT2D eigenvalue weighted by atomic mass is 10.0. The zero-order valence-corrected chi connectivity index (χ0v) is 18.2. The van der Waals surface area contributed by atoms with Crippen LogP contribution in [0.15, 0.2) is 115 Å². The van der Waals surface area contributed by atoms with E-state index in [1.165, 1.54) is 0 Å². The molecule has 0 heterocycles. The maximum Gasteiger partial charge on any atom is 0.255 e. The van der Waals surface area contributed by atoms with E-state index >= 15 is 0 Å². The number of hydrogen-bond acceptors (Lipinski definition) is 3. The van der Waals surface area contributed by atoms with Crippen molar-refractivity contribution in [2.45, 2.75) is 19.2 Å². The Labute approximate surface area is 194 Å². The van der Waals surface area contributed by atoms with E-state index in [0.29, 0.717) is 24.5 Å². The lowest BCUT2D eigenvalue weighted by Crippen LogP contribution is -2.34. The molecule has 0 saturated heterocycles. The summed E-state index contributed by atoms with van der Waals surface area (Å²) in [5.41, 5.74) is 3.34. The summed E-state index contributed by atoms with van der Waals surface area (Å²) in [6.07, 6.45) is 0. The highest BCUT2D eigenvalue weighted by Gasteiger charge is 2.26. The molecule has 0 aliphatic carbocycles. The molecule has 1 atom stereocenters. The van der Waals surface area contributed by atoms with Gasteiger partial charge in [0.25, 0.3) is 5.91 Å². The second-order valence-corrected chi connectivity index (χ2v) is 7.66. The number of ether oxygens (including phenoxy) is 1. The second-order valence-electron chi connectivity index (χ2n) is 7.66. The van der Waals surface area contributed by atoms with E-state index in [1.807, 2.05) is 103 Å². The molecule has 0 N–H and O–H groups in total. The number of benzene rings is 4. The van der Waals surface area contributed by atoms with Crippen molar-refractivity contribution in [3.05, 3.63) is 138 Å². The van der Waals surface area contributed by atoms with Gasteiger partial charge < -0.3 is 9.64 Å². The molecule has 33 heavy (non-hydrogen) atoms. The molecule has 0 spiro atoms. The van der Waals surface area contributed by atoms with Crippen molar-refractivity contribution in [1.82, 2.24) is 4.90 Å². The summed E-state index contributed by atoms with van der Waals surface area (Å²) >= 11 is 0. The van der Waals surface area contributed by atoms with Gasteiger partial charge >= 0.3 is 0 Å². The van der Waals surface area contributed by atoms with Gasteiger partial charge in [-0.05, 0) is 41.0 Å². The maximum absolute atomic E-state index is 13.4. The molecule has 0 unspecified atom stereocenters. The number of nitriles is 1. The van der Waals surface area contributed by atoms with Gasteiger partial charge in [0.15, 0.2) is 0 Å². The summed E-state index contributed by atoms with van der Waals surface area (Å²) in [4.78, 5) is 15.0. The van der Waals surface area contributed by atoms with Crippen molar-refractivity contribution in [3.63, 3.8) is 0 Å². The van der Waals surface area contributed by atoms with Gasteiger partial charge in [-0.25, -0.2) is 0 Å². The Kier molecular flexibility index (Phi) is 7.15. The summed E-state index contributed by atoms with van der Waals surface area (Å²) in [7, 11) is 0. The van der Waals surface area contributed by atoms with Crippen LogP contribution in [0.1, 0.15) is 33.1 Å². The van der Waals surface area contributed by atoms with Crippen molar-refractivity contribution in [1.29, 1.82) is 5.26 Å². The summed E-state index contributed by atoms with van der Waals surface area (Å²) in [5, 5.41) is 10.1. The third-order valence-electron chi connectivity index (χ3n) is 5.36. The lowest BCUT2D eigenvalue weighted by Gasteiger charge is -2.28. The van der Waals surface area contributed by atoms with Crippen molar-refractivity contribution < 1.29 is 9.53 Å². The predicted octanol–water partition coefficient (Wildman–Crippen LogP) is 6.17. The van der Waals surface area contributed by atoms with Gasteiger partial charge in [-0.15, -0.1) is 0 Å². The fraction of sp³-hybridized carbons (Fsp3) is 0.103. The van der Waals surface area contributed by atoms with Crippen LogP contribution in [0.4, 0.5) is 0 Å². The topological polar surface area (TPSA) is 53.3 Å². The quantitative estimate of drug-likeness (QED) is 0.334. The van der Waals surface area contributed by atoms with Gasteiger partial charge in [0, 0.05) is 12.1 Å². The summed E-state index contributed by atoms with van der Waals surface area (Å²) in [6, 6.07) is 37.7. The molecule has 4 aromatic carbocycles. The van der Waals surface area contributed by atoms with Crippen LogP contribution in [-0.4, -0.2) is 10.8 Å². The van der Waals surface area contributed by atoms with Gasteiger partial charge in [0.2, 0.25) is 0 Å². The standard InChI is InChI=1S/C29H24N2O2/c30-20-28(25-16-18-27(19-17-25)33-22-24-12-6-2-7-13-24)31(21-23-10-4-1-5-11-23)29(32)26-14-8-3-9-15-26/h1-19,28H,21-22H2/t28-/m1/s1. The number of rotatable bonds is 8. The van der Waals surface area contributed by atoms with Crippen LogP contribution in [0.2, 0.25) is 0 Å². The molecule has 0 bridgehead atoms.